The second-order valence-corrected chi connectivity index (χ2v) is 4.31. The fraction of sp³-hybridized carbons (Fsp3) is 0.357. The highest BCUT2D eigenvalue weighted by Gasteiger charge is 2.13. The summed E-state index contributed by atoms with van der Waals surface area (Å²) in [4.78, 5) is 11.7. The van der Waals surface area contributed by atoms with Gasteiger partial charge in [-0.15, -0.1) is 0 Å². The molecule has 1 aromatic rings. The van der Waals surface area contributed by atoms with E-state index in [1.165, 1.54) is 0 Å². The maximum atomic E-state index is 11.7. The van der Waals surface area contributed by atoms with Crippen LogP contribution in [0.1, 0.15) is 20.8 Å². The fourth-order valence-electron chi connectivity index (χ4n) is 1.21. The molecule has 0 aliphatic rings. The minimum absolute atomic E-state index is 0.216. The fourth-order valence-corrected chi connectivity index (χ4v) is 1.21. The second-order valence-electron chi connectivity index (χ2n) is 4.31. The number of benzene rings is 1. The summed E-state index contributed by atoms with van der Waals surface area (Å²) in [7, 11) is 0. The Labute approximate surface area is 108 Å². The van der Waals surface area contributed by atoms with Crippen molar-refractivity contribution in [2.45, 2.75) is 26.9 Å². The molecule has 0 spiro atoms. The molecule has 4 nitrogen and oxygen atoms in total. The number of carbonyl (C=O) groups excluding carboxylic acids is 1. The van der Waals surface area contributed by atoms with Crippen LogP contribution in [0.2, 0.25) is 0 Å². The lowest BCUT2D eigenvalue weighted by molar-refractivity contribution is -0.128. The molecule has 1 unspecified atom stereocenters. The third-order valence-corrected chi connectivity index (χ3v) is 2.19. The van der Waals surface area contributed by atoms with Crippen LogP contribution < -0.4 is 15.6 Å². The van der Waals surface area contributed by atoms with Gasteiger partial charge in [0.05, 0.1) is 0 Å². The summed E-state index contributed by atoms with van der Waals surface area (Å²) in [5.74, 6) is 0.900. The van der Waals surface area contributed by atoms with Crippen LogP contribution in [0.15, 0.2) is 42.6 Å². The summed E-state index contributed by atoms with van der Waals surface area (Å²) in [5.41, 5.74) is 5.28. The lowest BCUT2D eigenvalue weighted by Crippen LogP contribution is -2.42. The van der Waals surface area contributed by atoms with Crippen LogP contribution in [0.25, 0.3) is 0 Å². The predicted molar refractivity (Wildman–Crippen MR) is 71.8 cm³/mol. The molecule has 0 aliphatic carbocycles. The van der Waals surface area contributed by atoms with Gasteiger partial charge in [0.1, 0.15) is 5.75 Å². The molecule has 0 saturated carbocycles. The molecule has 1 atom stereocenters. The first-order chi connectivity index (χ1) is 8.59. The quantitative estimate of drug-likeness (QED) is 0.759. The highest BCUT2D eigenvalue weighted by atomic mass is 16.5. The van der Waals surface area contributed by atoms with E-state index in [2.05, 4.69) is 24.7 Å². The van der Waals surface area contributed by atoms with Gasteiger partial charge < -0.3 is 10.2 Å². The third-order valence-electron chi connectivity index (χ3n) is 2.19. The van der Waals surface area contributed by atoms with Crippen molar-refractivity contribution in [3.63, 3.8) is 0 Å². The third kappa shape index (κ3) is 5.39. The van der Waals surface area contributed by atoms with E-state index in [4.69, 9.17) is 4.74 Å². The van der Waals surface area contributed by atoms with Crippen molar-refractivity contribution in [3.8, 4) is 5.75 Å². The van der Waals surface area contributed by atoms with Crippen LogP contribution in [0.5, 0.6) is 5.75 Å². The molecule has 0 radical (unpaired) electrons. The number of hydrogen-bond donors (Lipinski definition) is 2. The lowest BCUT2D eigenvalue weighted by atomic mass is 10.2. The van der Waals surface area contributed by atoms with Crippen LogP contribution in [-0.2, 0) is 4.79 Å². The summed E-state index contributed by atoms with van der Waals surface area (Å²) >= 11 is 0. The molecule has 18 heavy (non-hydrogen) atoms. The smallest absolute Gasteiger partial charge is 0.279 e. The van der Waals surface area contributed by atoms with Crippen molar-refractivity contribution < 1.29 is 9.53 Å². The van der Waals surface area contributed by atoms with Gasteiger partial charge in [-0.1, -0.05) is 38.1 Å². The second kappa shape index (κ2) is 7.37. The molecule has 4 heteroatoms. The zero-order valence-electron chi connectivity index (χ0n) is 11.0. The van der Waals surface area contributed by atoms with Crippen molar-refractivity contribution in [3.05, 3.63) is 42.6 Å². The molecule has 0 saturated heterocycles. The molecule has 98 valence electrons. The van der Waals surface area contributed by atoms with Gasteiger partial charge in [-0.3, -0.25) is 10.2 Å². The molecule has 0 aliphatic heterocycles. The van der Waals surface area contributed by atoms with E-state index in [1.54, 1.807) is 13.1 Å². The topological polar surface area (TPSA) is 50.4 Å². The van der Waals surface area contributed by atoms with Gasteiger partial charge in [0.2, 0.25) is 0 Å². The average molecular weight is 248 g/mol. The van der Waals surface area contributed by atoms with Gasteiger partial charge in [-0.05, 0) is 25.0 Å². The molecule has 1 rings (SSSR count). The highest BCUT2D eigenvalue weighted by molar-refractivity contribution is 5.80. The zero-order valence-corrected chi connectivity index (χ0v) is 11.0. The van der Waals surface area contributed by atoms with E-state index in [-0.39, 0.29) is 5.91 Å². The van der Waals surface area contributed by atoms with Gasteiger partial charge in [0, 0.05) is 6.20 Å². The predicted octanol–water partition coefficient (Wildman–Crippen LogP) is 2.24. The normalized spacial score (nSPS) is 12.4. The number of hydrazine groups is 1. The summed E-state index contributed by atoms with van der Waals surface area (Å²) < 4.78 is 5.48. The van der Waals surface area contributed by atoms with Crippen molar-refractivity contribution in [2.24, 2.45) is 5.92 Å². The van der Waals surface area contributed by atoms with Crippen molar-refractivity contribution in [1.82, 2.24) is 10.9 Å². The minimum atomic E-state index is -0.549. The van der Waals surface area contributed by atoms with Gasteiger partial charge in [0.15, 0.2) is 6.10 Å². The van der Waals surface area contributed by atoms with E-state index in [1.807, 2.05) is 36.4 Å². The van der Waals surface area contributed by atoms with Gasteiger partial charge in [0.25, 0.3) is 5.91 Å². The number of ether oxygens (including phenoxy) is 1. The summed E-state index contributed by atoms with van der Waals surface area (Å²) in [6.45, 7) is 5.82. The minimum Gasteiger partial charge on any atom is -0.481 e. The number of allylic oxidation sites excluding steroid dienone is 1. The Morgan fingerprint density at radius 2 is 1.89 bits per heavy atom. The maximum absolute atomic E-state index is 11.7. The van der Waals surface area contributed by atoms with Crippen LogP contribution >= 0.6 is 0 Å². The Balaban J connectivity index is 2.33. The van der Waals surface area contributed by atoms with Gasteiger partial charge >= 0.3 is 0 Å². The molecule has 1 aromatic carbocycles. The lowest BCUT2D eigenvalue weighted by Gasteiger charge is -2.14. The Morgan fingerprint density at radius 1 is 1.22 bits per heavy atom. The first kappa shape index (κ1) is 14.1. The Hall–Kier alpha value is -1.97. The number of carbonyl (C=O) groups is 1. The van der Waals surface area contributed by atoms with E-state index in [0.29, 0.717) is 11.7 Å². The van der Waals surface area contributed by atoms with Crippen LogP contribution in [0, 0.1) is 5.92 Å². The van der Waals surface area contributed by atoms with E-state index >= 15 is 0 Å². The molecule has 1 amide bonds. The number of hydrogen-bond acceptors (Lipinski definition) is 3. The number of para-hydroxylation sites is 1. The van der Waals surface area contributed by atoms with Gasteiger partial charge in [-0.2, -0.15) is 0 Å². The summed E-state index contributed by atoms with van der Waals surface area (Å²) in [5, 5.41) is 0. The van der Waals surface area contributed by atoms with Crippen molar-refractivity contribution in [2.75, 3.05) is 0 Å². The average Bonchev–Trinajstić information content (AvgIpc) is 2.35. The van der Waals surface area contributed by atoms with Crippen molar-refractivity contribution in [1.29, 1.82) is 0 Å². The highest BCUT2D eigenvalue weighted by Crippen LogP contribution is 2.10. The maximum Gasteiger partial charge on any atom is 0.279 e. The molecule has 0 heterocycles. The Morgan fingerprint density at radius 3 is 2.50 bits per heavy atom. The largest absolute Gasteiger partial charge is 0.481 e. The SMILES string of the molecule is CC(C)C=CNNC(=O)C(C)Oc1ccccc1. The van der Waals surface area contributed by atoms with Crippen LogP contribution in [0.3, 0.4) is 0 Å². The molecule has 0 fully saturated rings. The van der Waals surface area contributed by atoms with E-state index < -0.39 is 6.10 Å². The molecular weight excluding hydrogens is 228 g/mol. The van der Waals surface area contributed by atoms with Crippen LogP contribution in [-0.4, -0.2) is 12.0 Å². The Bertz CT molecular complexity index is 388. The van der Waals surface area contributed by atoms with E-state index in [9.17, 15) is 4.79 Å². The Kier molecular flexibility index (Phi) is 5.77. The molecular formula is C14H20N2O2. The summed E-state index contributed by atoms with van der Waals surface area (Å²) in [6.07, 6.45) is 3.10. The molecule has 0 aromatic heterocycles. The molecule has 0 bridgehead atoms. The standard InChI is InChI=1S/C14H20N2O2/c1-11(2)9-10-15-16-14(17)12(3)18-13-7-5-4-6-8-13/h4-12,15H,1-3H3,(H,16,17). The number of rotatable bonds is 6. The first-order valence-corrected chi connectivity index (χ1v) is 6.03. The van der Waals surface area contributed by atoms with E-state index in [0.717, 1.165) is 0 Å². The summed E-state index contributed by atoms with van der Waals surface area (Å²) in [6, 6.07) is 9.26. The van der Waals surface area contributed by atoms with Crippen LogP contribution in [0.4, 0.5) is 0 Å². The number of nitrogens with one attached hydrogen (secondary N) is 2. The van der Waals surface area contributed by atoms with Gasteiger partial charge in [-0.25, -0.2) is 0 Å². The van der Waals surface area contributed by atoms with Crippen molar-refractivity contribution >= 4 is 5.91 Å². The number of amides is 1. The first-order valence-electron chi connectivity index (χ1n) is 6.03. The zero-order chi connectivity index (χ0) is 13.4. The molecule has 2 N–H and O–H groups in total. The monoisotopic (exact) mass is 248 g/mol.